The van der Waals surface area contributed by atoms with Gasteiger partial charge in [-0.05, 0) is 24.3 Å². The van der Waals surface area contributed by atoms with E-state index >= 15 is 0 Å². The van der Waals surface area contributed by atoms with Gasteiger partial charge in [-0.15, -0.1) is 0 Å². The third-order valence-corrected chi connectivity index (χ3v) is 4.43. The van der Waals surface area contributed by atoms with Gasteiger partial charge < -0.3 is 15.4 Å². The molecule has 1 aromatic heterocycles. The summed E-state index contributed by atoms with van der Waals surface area (Å²) in [6, 6.07) is 7.26. The number of anilines is 2. The average Bonchev–Trinajstić information content (AvgIpc) is 3.08. The van der Waals surface area contributed by atoms with Crippen LogP contribution in [0.25, 0.3) is 0 Å². The summed E-state index contributed by atoms with van der Waals surface area (Å²) < 4.78 is 19.6. The predicted octanol–water partition coefficient (Wildman–Crippen LogP) is 2.24. The Morgan fingerprint density at radius 3 is 2.83 bits per heavy atom. The lowest BCUT2D eigenvalue weighted by molar-refractivity contribution is -0.385. The van der Waals surface area contributed by atoms with Crippen molar-refractivity contribution >= 4 is 29.1 Å². The molecule has 10 nitrogen and oxygen atoms in total. The number of halogens is 1. The van der Waals surface area contributed by atoms with Crippen LogP contribution in [0.3, 0.4) is 0 Å². The number of nitro groups is 1. The van der Waals surface area contributed by atoms with E-state index in [1.54, 1.807) is 12.1 Å². The monoisotopic (exact) mass is 417 g/mol. The SMILES string of the molecule is CC(=O)NC[C@H]1CN(c2ccc(NCCc3ccc([N+](=O)[O-])cn3)c(F)c2)C(=O)O1. The molecule has 1 saturated heterocycles. The molecule has 1 aliphatic rings. The van der Waals surface area contributed by atoms with E-state index in [4.69, 9.17) is 4.74 Å². The minimum atomic E-state index is -0.602. The van der Waals surface area contributed by atoms with Crippen molar-refractivity contribution in [3.8, 4) is 0 Å². The van der Waals surface area contributed by atoms with Gasteiger partial charge in [0.1, 0.15) is 18.1 Å². The average molecular weight is 417 g/mol. The lowest BCUT2D eigenvalue weighted by Crippen LogP contribution is -2.33. The summed E-state index contributed by atoms with van der Waals surface area (Å²) in [6.07, 6.45) is 0.521. The molecule has 1 aromatic carbocycles. The molecule has 158 valence electrons. The molecule has 0 unspecified atom stereocenters. The molecule has 0 bridgehead atoms. The molecule has 11 heteroatoms. The minimum Gasteiger partial charge on any atom is -0.442 e. The molecule has 1 aliphatic heterocycles. The van der Waals surface area contributed by atoms with Crippen LogP contribution < -0.4 is 15.5 Å². The first-order chi connectivity index (χ1) is 14.3. The standard InChI is InChI=1S/C19H20FN5O5/c1-12(26)22-10-16-11-24(19(27)30-16)14-4-5-18(17(20)8-14)21-7-6-13-2-3-15(9-23-13)25(28)29/h2-5,8-9,16,21H,6-7,10-11H2,1H3,(H,22,26)/t16-/m0/s1. The van der Waals surface area contributed by atoms with Crippen molar-refractivity contribution in [2.24, 2.45) is 0 Å². The number of hydrogen-bond donors (Lipinski definition) is 2. The van der Waals surface area contributed by atoms with Gasteiger partial charge in [0.15, 0.2) is 0 Å². The lowest BCUT2D eigenvalue weighted by atomic mass is 10.2. The van der Waals surface area contributed by atoms with E-state index in [0.29, 0.717) is 24.3 Å². The first kappa shape index (κ1) is 21.0. The van der Waals surface area contributed by atoms with E-state index < -0.39 is 22.9 Å². The highest BCUT2D eigenvalue weighted by atomic mass is 19.1. The zero-order valence-corrected chi connectivity index (χ0v) is 16.1. The number of benzene rings is 1. The summed E-state index contributed by atoms with van der Waals surface area (Å²) in [7, 11) is 0. The quantitative estimate of drug-likeness (QED) is 0.498. The van der Waals surface area contributed by atoms with Gasteiger partial charge in [-0.25, -0.2) is 9.18 Å². The van der Waals surface area contributed by atoms with E-state index in [1.165, 1.54) is 36.2 Å². The second kappa shape index (κ2) is 9.16. The van der Waals surface area contributed by atoms with Crippen molar-refractivity contribution in [1.82, 2.24) is 10.3 Å². The number of carbonyl (C=O) groups is 2. The zero-order valence-electron chi connectivity index (χ0n) is 16.1. The highest BCUT2D eigenvalue weighted by Crippen LogP contribution is 2.26. The van der Waals surface area contributed by atoms with Crippen LogP contribution >= 0.6 is 0 Å². The van der Waals surface area contributed by atoms with E-state index in [2.05, 4.69) is 15.6 Å². The molecule has 0 spiro atoms. The van der Waals surface area contributed by atoms with Crippen LogP contribution in [0.1, 0.15) is 12.6 Å². The smallest absolute Gasteiger partial charge is 0.414 e. The summed E-state index contributed by atoms with van der Waals surface area (Å²) in [6.45, 7) is 2.13. The number of carbonyl (C=O) groups excluding carboxylic acids is 2. The predicted molar refractivity (Wildman–Crippen MR) is 106 cm³/mol. The van der Waals surface area contributed by atoms with Gasteiger partial charge in [0.2, 0.25) is 5.91 Å². The summed E-state index contributed by atoms with van der Waals surface area (Å²) in [5.41, 5.74) is 1.15. The third-order valence-electron chi connectivity index (χ3n) is 4.43. The second-order valence-electron chi connectivity index (χ2n) is 6.66. The third kappa shape index (κ3) is 5.19. The van der Waals surface area contributed by atoms with E-state index in [-0.39, 0.29) is 30.4 Å². The van der Waals surface area contributed by atoms with Crippen LogP contribution in [-0.2, 0) is 16.0 Å². The highest BCUT2D eigenvalue weighted by molar-refractivity contribution is 5.90. The first-order valence-corrected chi connectivity index (χ1v) is 9.19. The zero-order chi connectivity index (χ0) is 21.7. The molecule has 3 rings (SSSR count). The van der Waals surface area contributed by atoms with Gasteiger partial charge in [-0.1, -0.05) is 0 Å². The van der Waals surface area contributed by atoms with Crippen molar-refractivity contribution in [2.45, 2.75) is 19.4 Å². The Labute approximate surface area is 171 Å². The first-order valence-electron chi connectivity index (χ1n) is 9.19. The van der Waals surface area contributed by atoms with Gasteiger partial charge in [0.25, 0.3) is 5.69 Å². The van der Waals surface area contributed by atoms with Crippen LogP contribution in [0.15, 0.2) is 36.5 Å². The molecule has 0 aliphatic carbocycles. The Morgan fingerprint density at radius 1 is 1.40 bits per heavy atom. The number of amides is 2. The Morgan fingerprint density at radius 2 is 2.20 bits per heavy atom. The maximum Gasteiger partial charge on any atom is 0.414 e. The van der Waals surface area contributed by atoms with Crippen molar-refractivity contribution in [3.63, 3.8) is 0 Å². The fourth-order valence-corrected chi connectivity index (χ4v) is 2.91. The molecule has 0 radical (unpaired) electrons. The molecule has 0 saturated carbocycles. The summed E-state index contributed by atoms with van der Waals surface area (Å²) >= 11 is 0. The van der Waals surface area contributed by atoms with Gasteiger partial charge in [0, 0.05) is 31.6 Å². The Hall–Kier alpha value is -3.76. The molecule has 1 atom stereocenters. The van der Waals surface area contributed by atoms with Crippen molar-refractivity contribution in [1.29, 1.82) is 0 Å². The summed E-state index contributed by atoms with van der Waals surface area (Å²) in [5.74, 6) is -0.767. The lowest BCUT2D eigenvalue weighted by Gasteiger charge is -2.15. The maximum atomic E-state index is 14.5. The molecule has 2 aromatic rings. The Bertz CT molecular complexity index is 953. The Kier molecular flexibility index (Phi) is 6.40. The van der Waals surface area contributed by atoms with Crippen LogP contribution in [0.2, 0.25) is 0 Å². The van der Waals surface area contributed by atoms with Crippen LogP contribution in [0, 0.1) is 15.9 Å². The van der Waals surface area contributed by atoms with Gasteiger partial charge in [0.05, 0.1) is 29.4 Å². The topological polar surface area (TPSA) is 127 Å². The van der Waals surface area contributed by atoms with Crippen LogP contribution in [0.5, 0.6) is 0 Å². The van der Waals surface area contributed by atoms with E-state index in [9.17, 15) is 24.1 Å². The number of aromatic nitrogens is 1. The highest BCUT2D eigenvalue weighted by Gasteiger charge is 2.32. The van der Waals surface area contributed by atoms with Crippen molar-refractivity contribution < 1.29 is 23.6 Å². The maximum absolute atomic E-state index is 14.5. The van der Waals surface area contributed by atoms with Gasteiger partial charge in [-0.2, -0.15) is 0 Å². The number of hydrogen-bond acceptors (Lipinski definition) is 7. The number of nitrogens with zero attached hydrogens (tertiary/aromatic N) is 3. The van der Waals surface area contributed by atoms with Gasteiger partial charge >= 0.3 is 6.09 Å². The summed E-state index contributed by atoms with van der Waals surface area (Å²) in [4.78, 5) is 38.4. The molecule has 30 heavy (non-hydrogen) atoms. The largest absolute Gasteiger partial charge is 0.442 e. The van der Waals surface area contributed by atoms with E-state index in [1.807, 2.05) is 0 Å². The normalized spacial score (nSPS) is 15.6. The number of pyridine rings is 1. The number of rotatable bonds is 8. The van der Waals surface area contributed by atoms with Gasteiger partial charge in [-0.3, -0.25) is 24.8 Å². The van der Waals surface area contributed by atoms with Crippen molar-refractivity contribution in [3.05, 3.63) is 58.2 Å². The Balaban J connectivity index is 1.55. The molecular formula is C19H20FN5O5. The second-order valence-corrected chi connectivity index (χ2v) is 6.66. The fourth-order valence-electron chi connectivity index (χ4n) is 2.91. The summed E-state index contributed by atoms with van der Waals surface area (Å²) in [5, 5.41) is 16.2. The molecule has 2 amide bonds. The molecular weight excluding hydrogens is 397 g/mol. The number of cyclic esters (lactones) is 1. The number of nitrogens with one attached hydrogen (secondary N) is 2. The van der Waals surface area contributed by atoms with Crippen LogP contribution in [0.4, 0.5) is 26.2 Å². The fraction of sp³-hybridized carbons (Fsp3) is 0.316. The molecule has 2 heterocycles. The molecule has 2 N–H and O–H groups in total. The minimum absolute atomic E-state index is 0.0897. The molecule has 1 fully saturated rings. The van der Waals surface area contributed by atoms with E-state index in [0.717, 1.165) is 0 Å². The van der Waals surface area contributed by atoms with Crippen LogP contribution in [-0.4, -0.2) is 47.6 Å². The van der Waals surface area contributed by atoms with Crippen molar-refractivity contribution in [2.75, 3.05) is 29.9 Å². The number of ether oxygens (including phenoxy) is 1.